The molecule has 0 aromatic carbocycles. The van der Waals surface area contributed by atoms with E-state index in [-0.39, 0.29) is 5.91 Å². The van der Waals surface area contributed by atoms with Gasteiger partial charge in [0.05, 0.1) is 16.5 Å². The predicted molar refractivity (Wildman–Crippen MR) is 78.9 cm³/mol. The fourth-order valence-corrected chi connectivity index (χ4v) is 3.43. The van der Waals surface area contributed by atoms with Gasteiger partial charge in [0, 0.05) is 13.2 Å². The molecule has 0 radical (unpaired) electrons. The zero-order valence-corrected chi connectivity index (χ0v) is 12.3. The first-order valence-corrected chi connectivity index (χ1v) is 7.76. The van der Waals surface area contributed by atoms with Crippen LogP contribution in [-0.4, -0.2) is 30.2 Å². The van der Waals surface area contributed by atoms with Crippen LogP contribution in [0, 0.1) is 5.41 Å². The number of ether oxygens (including phenoxy) is 1. The van der Waals surface area contributed by atoms with E-state index in [1.165, 1.54) is 6.42 Å². The molecule has 4 nitrogen and oxygen atoms in total. The zero-order chi connectivity index (χ0) is 13.7. The van der Waals surface area contributed by atoms with Crippen LogP contribution in [0.15, 0.2) is 0 Å². The molecule has 108 valence electrons. The van der Waals surface area contributed by atoms with Gasteiger partial charge in [0.1, 0.15) is 0 Å². The van der Waals surface area contributed by atoms with Crippen molar-refractivity contribution in [2.24, 2.45) is 11.1 Å². The van der Waals surface area contributed by atoms with Gasteiger partial charge in [-0.05, 0) is 32.1 Å². The number of amides is 1. The quantitative estimate of drug-likeness (QED) is 0.757. The molecule has 0 aromatic heterocycles. The highest BCUT2D eigenvalue weighted by molar-refractivity contribution is 7.80. The Morgan fingerprint density at radius 2 is 2.05 bits per heavy atom. The first-order valence-electron chi connectivity index (χ1n) is 7.35. The van der Waals surface area contributed by atoms with Crippen molar-refractivity contribution in [3.8, 4) is 0 Å². The van der Waals surface area contributed by atoms with Crippen LogP contribution in [0.25, 0.3) is 0 Å². The van der Waals surface area contributed by atoms with Crippen molar-refractivity contribution < 1.29 is 9.53 Å². The van der Waals surface area contributed by atoms with Crippen molar-refractivity contribution in [3.63, 3.8) is 0 Å². The van der Waals surface area contributed by atoms with Gasteiger partial charge in [-0.1, -0.05) is 31.5 Å². The highest BCUT2D eigenvalue weighted by atomic mass is 32.1. The number of carbonyl (C=O) groups is 1. The van der Waals surface area contributed by atoms with Gasteiger partial charge in [-0.15, -0.1) is 0 Å². The van der Waals surface area contributed by atoms with E-state index >= 15 is 0 Å². The van der Waals surface area contributed by atoms with Crippen LogP contribution >= 0.6 is 12.2 Å². The van der Waals surface area contributed by atoms with Gasteiger partial charge in [0.2, 0.25) is 5.91 Å². The maximum atomic E-state index is 12.4. The average Bonchev–Trinajstić information content (AvgIpc) is 2.92. The highest BCUT2D eigenvalue weighted by Crippen LogP contribution is 2.36. The maximum absolute atomic E-state index is 12.4. The molecule has 1 aliphatic carbocycles. The summed E-state index contributed by atoms with van der Waals surface area (Å²) < 4.78 is 5.55. The van der Waals surface area contributed by atoms with Crippen LogP contribution in [0.2, 0.25) is 0 Å². The average molecular weight is 284 g/mol. The predicted octanol–water partition coefficient (Wildman–Crippen LogP) is 1.91. The summed E-state index contributed by atoms with van der Waals surface area (Å²) in [5.74, 6) is 0.0256. The highest BCUT2D eigenvalue weighted by Gasteiger charge is 2.42. The summed E-state index contributed by atoms with van der Waals surface area (Å²) in [5, 5.41) is 3.02. The Bertz CT molecular complexity index is 334. The first-order chi connectivity index (χ1) is 9.15. The van der Waals surface area contributed by atoms with Crippen molar-refractivity contribution in [1.29, 1.82) is 0 Å². The lowest BCUT2D eigenvalue weighted by atomic mass is 9.73. The van der Waals surface area contributed by atoms with Crippen molar-refractivity contribution in [3.05, 3.63) is 0 Å². The summed E-state index contributed by atoms with van der Waals surface area (Å²) in [6.45, 7) is 1.52. The monoisotopic (exact) mass is 284 g/mol. The lowest BCUT2D eigenvalue weighted by Crippen LogP contribution is -2.50. The minimum atomic E-state index is -0.593. The second-order valence-electron chi connectivity index (χ2n) is 5.69. The second-order valence-corrected chi connectivity index (χ2v) is 6.13. The number of hydrogen-bond donors (Lipinski definition) is 2. The normalized spacial score (nSPS) is 26.0. The number of thiocarbonyl (C=S) groups is 1. The molecule has 1 saturated heterocycles. The molecule has 2 aliphatic rings. The van der Waals surface area contributed by atoms with E-state index in [2.05, 4.69) is 5.32 Å². The number of nitrogens with one attached hydrogen (secondary N) is 1. The smallest absolute Gasteiger partial charge is 0.233 e. The van der Waals surface area contributed by atoms with E-state index in [1.807, 2.05) is 0 Å². The summed E-state index contributed by atoms with van der Waals surface area (Å²) in [6.07, 6.45) is 8.29. The van der Waals surface area contributed by atoms with Crippen LogP contribution in [0.1, 0.15) is 51.4 Å². The molecule has 2 rings (SSSR count). The first kappa shape index (κ1) is 14.7. The number of hydrogen-bond acceptors (Lipinski definition) is 3. The fraction of sp³-hybridized carbons (Fsp3) is 0.857. The van der Waals surface area contributed by atoms with Crippen LogP contribution in [0.3, 0.4) is 0 Å². The SMILES string of the molecule is NC(=S)C1(C(=O)NCCC2CCCO2)CCCCC1. The Labute approximate surface area is 120 Å². The molecule has 1 atom stereocenters. The maximum Gasteiger partial charge on any atom is 0.233 e. The lowest BCUT2D eigenvalue weighted by molar-refractivity contribution is -0.128. The molecular formula is C14H24N2O2S. The minimum Gasteiger partial charge on any atom is -0.392 e. The van der Waals surface area contributed by atoms with Crippen molar-refractivity contribution in [2.45, 2.75) is 57.5 Å². The van der Waals surface area contributed by atoms with Gasteiger partial charge >= 0.3 is 0 Å². The molecule has 1 amide bonds. The van der Waals surface area contributed by atoms with E-state index in [9.17, 15) is 4.79 Å². The van der Waals surface area contributed by atoms with Gasteiger partial charge in [0.15, 0.2) is 0 Å². The Kier molecular flexibility index (Phi) is 5.16. The van der Waals surface area contributed by atoms with E-state index in [0.717, 1.165) is 51.6 Å². The van der Waals surface area contributed by atoms with Crippen molar-refractivity contribution in [1.82, 2.24) is 5.32 Å². The molecule has 5 heteroatoms. The molecule has 1 unspecified atom stereocenters. The molecule has 1 saturated carbocycles. The van der Waals surface area contributed by atoms with Gasteiger partial charge in [-0.2, -0.15) is 0 Å². The van der Waals surface area contributed by atoms with Gasteiger partial charge < -0.3 is 15.8 Å². The summed E-state index contributed by atoms with van der Waals surface area (Å²) in [6, 6.07) is 0. The summed E-state index contributed by atoms with van der Waals surface area (Å²) in [5.41, 5.74) is 5.25. The van der Waals surface area contributed by atoms with Gasteiger partial charge in [-0.25, -0.2) is 0 Å². The number of nitrogens with two attached hydrogens (primary N) is 1. The standard InChI is InChI=1S/C14H24N2O2S/c15-12(19)14(7-2-1-3-8-14)13(17)16-9-6-11-5-4-10-18-11/h11H,1-10H2,(H2,15,19)(H,16,17). The Balaban J connectivity index is 1.83. The molecule has 2 fully saturated rings. The van der Waals surface area contributed by atoms with E-state index < -0.39 is 5.41 Å². The molecule has 0 bridgehead atoms. The third-order valence-corrected chi connectivity index (χ3v) is 4.78. The summed E-state index contributed by atoms with van der Waals surface area (Å²) in [7, 11) is 0. The van der Waals surface area contributed by atoms with Gasteiger partial charge in [0.25, 0.3) is 0 Å². The Hall–Kier alpha value is -0.680. The second kappa shape index (κ2) is 6.66. The molecule has 3 N–H and O–H groups in total. The summed E-state index contributed by atoms with van der Waals surface area (Å²) in [4.78, 5) is 12.8. The number of rotatable bonds is 5. The lowest BCUT2D eigenvalue weighted by Gasteiger charge is -2.34. The molecular weight excluding hydrogens is 260 g/mol. The molecule has 0 aromatic rings. The largest absolute Gasteiger partial charge is 0.392 e. The van der Waals surface area contributed by atoms with Crippen molar-refractivity contribution >= 4 is 23.1 Å². The Morgan fingerprint density at radius 1 is 1.32 bits per heavy atom. The Morgan fingerprint density at radius 3 is 2.63 bits per heavy atom. The minimum absolute atomic E-state index is 0.0256. The van der Waals surface area contributed by atoms with Crippen molar-refractivity contribution in [2.75, 3.05) is 13.2 Å². The van der Waals surface area contributed by atoms with E-state index in [4.69, 9.17) is 22.7 Å². The van der Waals surface area contributed by atoms with Crippen LogP contribution in [0.4, 0.5) is 0 Å². The number of carbonyl (C=O) groups excluding carboxylic acids is 1. The third-order valence-electron chi connectivity index (χ3n) is 4.39. The van der Waals surface area contributed by atoms with Crippen LogP contribution in [-0.2, 0) is 9.53 Å². The molecule has 1 aliphatic heterocycles. The molecule has 19 heavy (non-hydrogen) atoms. The van der Waals surface area contributed by atoms with Crippen LogP contribution in [0.5, 0.6) is 0 Å². The topological polar surface area (TPSA) is 64.4 Å². The fourth-order valence-electron chi connectivity index (χ4n) is 3.13. The van der Waals surface area contributed by atoms with E-state index in [0.29, 0.717) is 17.6 Å². The summed E-state index contributed by atoms with van der Waals surface area (Å²) >= 11 is 5.15. The van der Waals surface area contributed by atoms with Gasteiger partial charge in [-0.3, -0.25) is 4.79 Å². The van der Waals surface area contributed by atoms with Crippen LogP contribution < -0.4 is 11.1 Å². The molecule has 1 heterocycles. The van der Waals surface area contributed by atoms with E-state index in [1.54, 1.807) is 0 Å². The molecule has 0 spiro atoms. The zero-order valence-electron chi connectivity index (χ0n) is 11.5. The third kappa shape index (κ3) is 3.45.